The molecule has 4 atom stereocenters. The number of phosphoric acid groups is 1. The molecule has 1 aliphatic heterocycles. The number of aliphatic hydroxyl groups excluding tert-OH is 2. The van der Waals surface area contributed by atoms with E-state index in [0.717, 1.165) is 11.0 Å². The van der Waals surface area contributed by atoms with E-state index < -0.39 is 44.9 Å². The van der Waals surface area contributed by atoms with Crippen LogP contribution in [0.2, 0.25) is 0 Å². The van der Waals surface area contributed by atoms with E-state index in [2.05, 4.69) is 14.6 Å². The van der Waals surface area contributed by atoms with Crippen molar-refractivity contribution in [1.82, 2.24) is 14.8 Å². The van der Waals surface area contributed by atoms with Gasteiger partial charge in [0.25, 0.3) is 5.91 Å². The van der Waals surface area contributed by atoms with E-state index in [1.807, 2.05) is 0 Å². The smallest absolute Gasteiger partial charge is 0.790 e. The van der Waals surface area contributed by atoms with E-state index in [1.165, 1.54) is 0 Å². The molecular formula is C8H11Li2N4O8P. The zero-order valence-corrected chi connectivity index (χ0v) is 13.2. The SMILES string of the molecule is NC(=O)c1ncn([C@@H]2O[C@H](COP(=O)([O-])[O-])[C@H](O)[C@@H]2O)n1.[Li+].[Li+]. The zero-order chi connectivity index (χ0) is 15.8. The van der Waals surface area contributed by atoms with E-state index in [-0.39, 0.29) is 43.5 Å². The number of amides is 1. The van der Waals surface area contributed by atoms with Crippen LogP contribution in [-0.4, -0.2) is 55.8 Å². The van der Waals surface area contributed by atoms with E-state index in [4.69, 9.17) is 10.5 Å². The molecule has 1 saturated heterocycles. The topological polar surface area (TPSA) is 196 Å². The van der Waals surface area contributed by atoms with Crippen LogP contribution in [0.3, 0.4) is 0 Å². The van der Waals surface area contributed by atoms with Crippen molar-refractivity contribution in [3.63, 3.8) is 0 Å². The molecule has 118 valence electrons. The summed E-state index contributed by atoms with van der Waals surface area (Å²) in [6, 6.07) is 0. The molecule has 1 amide bonds. The van der Waals surface area contributed by atoms with E-state index in [1.54, 1.807) is 0 Å². The number of ether oxygens (including phenoxy) is 1. The number of primary amides is 1. The van der Waals surface area contributed by atoms with Gasteiger partial charge in [-0.3, -0.25) is 4.79 Å². The van der Waals surface area contributed by atoms with E-state index >= 15 is 0 Å². The van der Waals surface area contributed by atoms with Gasteiger partial charge in [0.1, 0.15) is 24.6 Å². The molecule has 1 aromatic rings. The Balaban J connectivity index is 0.00000242. The quantitative estimate of drug-likeness (QED) is 0.343. The van der Waals surface area contributed by atoms with Crippen molar-refractivity contribution in [3.8, 4) is 0 Å². The van der Waals surface area contributed by atoms with Crippen molar-refractivity contribution in [2.45, 2.75) is 24.5 Å². The summed E-state index contributed by atoms with van der Waals surface area (Å²) < 4.78 is 20.4. The maximum atomic E-state index is 10.9. The summed E-state index contributed by atoms with van der Waals surface area (Å²) in [4.78, 5) is 35.2. The number of aromatic nitrogens is 3. The minimum atomic E-state index is -5.23. The van der Waals surface area contributed by atoms with E-state index in [9.17, 15) is 29.4 Å². The standard InChI is InChI=1S/C8H13N4O8P.2Li/c9-6(15)7-10-2-12(11-7)8-5(14)4(13)3(20-8)1-19-21(16,17)18;;/h2-5,8,13-14H,1H2,(H2,9,15)(H2,16,17,18);;/q;2*+1/p-2/t3-,4+,5+,8-;;/m1../s1. The van der Waals surface area contributed by atoms with Crippen LogP contribution in [0.1, 0.15) is 16.8 Å². The largest absolute Gasteiger partial charge is 1.00 e. The second kappa shape index (κ2) is 8.76. The molecule has 0 aliphatic carbocycles. The summed E-state index contributed by atoms with van der Waals surface area (Å²) in [7, 11) is -5.23. The molecular weight excluding hydrogens is 325 g/mol. The number of rotatable bonds is 5. The summed E-state index contributed by atoms with van der Waals surface area (Å²) in [6.07, 6.45) is -4.51. The van der Waals surface area contributed by atoms with Gasteiger partial charge in [-0.25, -0.2) is 9.67 Å². The van der Waals surface area contributed by atoms with Crippen LogP contribution < -0.4 is 53.2 Å². The van der Waals surface area contributed by atoms with Crippen LogP contribution in [0.25, 0.3) is 0 Å². The van der Waals surface area contributed by atoms with E-state index in [0.29, 0.717) is 0 Å². The van der Waals surface area contributed by atoms with Gasteiger partial charge in [0.15, 0.2) is 6.23 Å². The minimum absolute atomic E-state index is 0. The molecule has 15 heteroatoms. The fraction of sp³-hybridized carbons (Fsp3) is 0.625. The molecule has 0 saturated carbocycles. The Morgan fingerprint density at radius 3 is 2.52 bits per heavy atom. The molecule has 1 fully saturated rings. The molecule has 0 bridgehead atoms. The van der Waals surface area contributed by atoms with Crippen molar-refractivity contribution in [1.29, 1.82) is 0 Å². The van der Waals surface area contributed by atoms with Gasteiger partial charge in [-0.15, -0.1) is 5.10 Å². The second-order valence-corrected chi connectivity index (χ2v) is 5.35. The molecule has 12 nitrogen and oxygen atoms in total. The fourth-order valence-corrected chi connectivity index (χ4v) is 2.09. The molecule has 0 radical (unpaired) electrons. The Bertz CT molecular complexity index is 582. The van der Waals surface area contributed by atoms with Crippen molar-refractivity contribution in [2.24, 2.45) is 5.73 Å². The number of hydrogen-bond acceptors (Lipinski definition) is 10. The van der Waals surface area contributed by atoms with Gasteiger partial charge in [0.05, 0.1) is 14.4 Å². The van der Waals surface area contributed by atoms with Gasteiger partial charge in [0.2, 0.25) is 5.82 Å². The fourth-order valence-electron chi connectivity index (χ4n) is 1.76. The Labute approximate surface area is 153 Å². The summed E-state index contributed by atoms with van der Waals surface area (Å²) >= 11 is 0. The Morgan fingerprint density at radius 2 is 2.04 bits per heavy atom. The molecule has 2 rings (SSSR count). The van der Waals surface area contributed by atoms with Crippen molar-refractivity contribution >= 4 is 13.7 Å². The average Bonchev–Trinajstić information content (AvgIpc) is 2.94. The maximum absolute atomic E-state index is 10.9. The molecule has 1 aliphatic rings. The summed E-state index contributed by atoms with van der Waals surface area (Å²) in [5.74, 6) is -1.23. The van der Waals surface area contributed by atoms with Crippen LogP contribution in [0, 0.1) is 0 Å². The van der Waals surface area contributed by atoms with Crippen LogP contribution in [0.4, 0.5) is 0 Å². The number of nitrogens with zero attached hydrogens (tertiary/aromatic N) is 3. The van der Waals surface area contributed by atoms with Crippen LogP contribution in [0.5, 0.6) is 0 Å². The first-order valence-corrected chi connectivity index (χ1v) is 7.04. The molecule has 23 heavy (non-hydrogen) atoms. The summed E-state index contributed by atoms with van der Waals surface area (Å²) in [5.41, 5.74) is 4.96. The third kappa shape index (κ3) is 5.67. The average molecular weight is 336 g/mol. The van der Waals surface area contributed by atoms with Gasteiger partial charge >= 0.3 is 37.7 Å². The maximum Gasteiger partial charge on any atom is 1.00 e. The predicted molar refractivity (Wildman–Crippen MR) is 58.0 cm³/mol. The number of aliphatic hydroxyl groups is 2. The van der Waals surface area contributed by atoms with Gasteiger partial charge in [0, 0.05) is 0 Å². The monoisotopic (exact) mass is 336 g/mol. The molecule has 4 N–H and O–H groups in total. The van der Waals surface area contributed by atoms with Crippen molar-refractivity contribution in [3.05, 3.63) is 12.2 Å². The number of carbonyl (C=O) groups excluding carboxylic acids is 1. The first-order chi connectivity index (χ1) is 9.69. The zero-order valence-electron chi connectivity index (χ0n) is 12.3. The molecule has 2 heterocycles. The molecule has 0 spiro atoms. The molecule has 1 aromatic heterocycles. The molecule has 0 unspecified atom stereocenters. The van der Waals surface area contributed by atoms with Gasteiger partial charge in [-0.2, -0.15) is 0 Å². The number of carbonyl (C=O) groups is 1. The molecule has 0 aromatic carbocycles. The van der Waals surface area contributed by atoms with Crippen molar-refractivity contribution < 1.29 is 76.3 Å². The van der Waals surface area contributed by atoms with Gasteiger partial charge < -0.3 is 39.6 Å². The summed E-state index contributed by atoms with van der Waals surface area (Å²) in [5, 5.41) is 23.1. The minimum Gasteiger partial charge on any atom is -0.790 e. The normalized spacial score (nSPS) is 27.1. The second-order valence-electron chi connectivity index (χ2n) is 4.20. The Hall–Kier alpha value is -0.205. The first kappa shape index (κ1) is 22.8. The van der Waals surface area contributed by atoms with Crippen molar-refractivity contribution in [2.75, 3.05) is 6.61 Å². The van der Waals surface area contributed by atoms with Crippen LogP contribution in [-0.2, 0) is 13.8 Å². The van der Waals surface area contributed by atoms with Gasteiger partial charge in [-0.1, -0.05) is 0 Å². The third-order valence-electron chi connectivity index (χ3n) is 2.72. The predicted octanol–water partition coefficient (Wildman–Crippen LogP) is -10.2. The van der Waals surface area contributed by atoms with Crippen LogP contribution in [0.15, 0.2) is 6.33 Å². The number of hydrogen-bond donors (Lipinski definition) is 3. The summed E-state index contributed by atoms with van der Waals surface area (Å²) in [6.45, 7) is -0.767. The Morgan fingerprint density at radius 1 is 1.43 bits per heavy atom. The number of phosphoric ester groups is 1. The first-order valence-electron chi connectivity index (χ1n) is 5.58. The third-order valence-corrected chi connectivity index (χ3v) is 3.19. The number of nitrogens with two attached hydrogens (primary N) is 1. The van der Waals surface area contributed by atoms with Crippen LogP contribution >= 0.6 is 7.82 Å². The van der Waals surface area contributed by atoms with Gasteiger partial charge in [-0.05, 0) is 0 Å². The Kier molecular flexibility index (Phi) is 8.68.